The van der Waals surface area contributed by atoms with E-state index in [1.54, 1.807) is 0 Å². The van der Waals surface area contributed by atoms with Crippen molar-refractivity contribution < 1.29 is 9.21 Å². The summed E-state index contributed by atoms with van der Waals surface area (Å²) in [5.41, 5.74) is 4.95. The van der Waals surface area contributed by atoms with Gasteiger partial charge in [-0.25, -0.2) is 0 Å². The van der Waals surface area contributed by atoms with Crippen molar-refractivity contribution in [3.05, 3.63) is 95.1 Å². The number of benzene rings is 2. The second kappa shape index (κ2) is 6.71. The number of fused-ring (bicyclic) bond motifs is 1. The molecule has 0 saturated carbocycles. The average Bonchev–Trinajstić information content (AvgIpc) is 3.06. The summed E-state index contributed by atoms with van der Waals surface area (Å²) in [4.78, 5) is 13.3. The molecule has 2 aromatic carbocycles. The van der Waals surface area contributed by atoms with Crippen molar-refractivity contribution in [1.29, 1.82) is 0 Å². The van der Waals surface area contributed by atoms with Gasteiger partial charge in [0.05, 0.1) is 11.4 Å². The van der Waals surface area contributed by atoms with Gasteiger partial charge in [0.15, 0.2) is 5.78 Å². The number of Topliss-reactive ketones (excluding diaryl/α,β-unsaturated/α-hetero) is 1. The van der Waals surface area contributed by atoms with Gasteiger partial charge in [-0.15, -0.1) is 0 Å². The Morgan fingerprint density at radius 3 is 2.39 bits per heavy atom. The number of allylic oxidation sites excluding steroid dienone is 1. The van der Waals surface area contributed by atoms with Crippen molar-refractivity contribution >= 4 is 17.2 Å². The summed E-state index contributed by atoms with van der Waals surface area (Å²) in [7, 11) is 0. The van der Waals surface area contributed by atoms with E-state index in [0.717, 1.165) is 40.6 Å². The maximum atomic E-state index is 13.3. The van der Waals surface area contributed by atoms with Gasteiger partial charge in [-0.1, -0.05) is 42.5 Å². The molecule has 3 aromatic rings. The molecule has 0 saturated heterocycles. The van der Waals surface area contributed by atoms with Crippen LogP contribution in [0.3, 0.4) is 0 Å². The zero-order chi connectivity index (χ0) is 19.1. The fourth-order valence-electron chi connectivity index (χ4n) is 4.28. The van der Waals surface area contributed by atoms with Crippen molar-refractivity contribution in [2.24, 2.45) is 0 Å². The first-order valence-electron chi connectivity index (χ1n) is 9.69. The SMILES string of the molecule is Cc1ccc(C2Nc3ccccc3NC3=C2C(=O)CC(c2ccccc2)C3)o1. The van der Waals surface area contributed by atoms with Gasteiger partial charge >= 0.3 is 0 Å². The van der Waals surface area contributed by atoms with E-state index in [1.807, 2.05) is 61.5 Å². The molecule has 2 atom stereocenters. The Hall–Kier alpha value is -3.27. The van der Waals surface area contributed by atoms with Crippen LogP contribution in [-0.4, -0.2) is 5.78 Å². The van der Waals surface area contributed by atoms with E-state index in [9.17, 15) is 4.79 Å². The summed E-state index contributed by atoms with van der Waals surface area (Å²) < 4.78 is 5.93. The van der Waals surface area contributed by atoms with Gasteiger partial charge in [0.1, 0.15) is 17.6 Å². The lowest BCUT2D eigenvalue weighted by atomic mass is 9.79. The van der Waals surface area contributed by atoms with Crippen molar-refractivity contribution in [2.75, 3.05) is 10.6 Å². The number of anilines is 2. The lowest BCUT2D eigenvalue weighted by Crippen LogP contribution is -2.26. The number of hydrogen-bond donors (Lipinski definition) is 2. The van der Waals surface area contributed by atoms with Crippen LogP contribution < -0.4 is 10.6 Å². The number of rotatable bonds is 2. The first-order valence-corrected chi connectivity index (χ1v) is 9.69. The topological polar surface area (TPSA) is 54.3 Å². The molecule has 2 heterocycles. The van der Waals surface area contributed by atoms with Gasteiger partial charge in [-0.3, -0.25) is 4.79 Å². The lowest BCUT2D eigenvalue weighted by molar-refractivity contribution is -0.116. The van der Waals surface area contributed by atoms with Crippen LogP contribution in [0.4, 0.5) is 11.4 Å². The average molecular weight is 370 g/mol. The molecule has 4 nitrogen and oxygen atoms in total. The predicted molar refractivity (Wildman–Crippen MR) is 110 cm³/mol. The van der Waals surface area contributed by atoms with Crippen LogP contribution in [0.15, 0.2) is 82.4 Å². The number of carbonyl (C=O) groups is 1. The molecule has 2 aliphatic rings. The minimum Gasteiger partial charge on any atom is -0.464 e. The molecule has 0 fully saturated rings. The van der Waals surface area contributed by atoms with Gasteiger partial charge in [0.25, 0.3) is 0 Å². The molecule has 1 aliphatic heterocycles. The third-order valence-corrected chi connectivity index (χ3v) is 5.63. The number of furan rings is 1. The zero-order valence-electron chi connectivity index (χ0n) is 15.7. The van der Waals surface area contributed by atoms with Gasteiger partial charge < -0.3 is 15.1 Å². The molecule has 1 aromatic heterocycles. The molecule has 5 rings (SSSR count). The van der Waals surface area contributed by atoms with Gasteiger partial charge in [0.2, 0.25) is 0 Å². The number of para-hydroxylation sites is 2. The Kier molecular flexibility index (Phi) is 4.05. The number of aryl methyl sites for hydroxylation is 1. The molecule has 1 aliphatic carbocycles. The van der Waals surface area contributed by atoms with E-state index in [2.05, 4.69) is 22.8 Å². The van der Waals surface area contributed by atoms with Crippen LogP contribution >= 0.6 is 0 Å². The molecule has 0 amide bonds. The van der Waals surface area contributed by atoms with Gasteiger partial charge in [0, 0.05) is 17.7 Å². The minimum absolute atomic E-state index is 0.168. The lowest BCUT2D eigenvalue weighted by Gasteiger charge is -2.29. The first kappa shape index (κ1) is 16.9. The van der Waals surface area contributed by atoms with E-state index in [-0.39, 0.29) is 17.7 Å². The molecular weight excluding hydrogens is 348 g/mol. The Labute approximate surface area is 164 Å². The van der Waals surface area contributed by atoms with Crippen molar-refractivity contribution in [3.8, 4) is 0 Å². The predicted octanol–water partition coefficient (Wildman–Crippen LogP) is 5.57. The summed E-state index contributed by atoms with van der Waals surface area (Å²) >= 11 is 0. The normalized spacial score (nSPS) is 21.2. The highest BCUT2D eigenvalue weighted by molar-refractivity contribution is 6.01. The molecular formula is C24H22N2O2. The molecule has 4 heteroatoms. The van der Waals surface area contributed by atoms with Crippen LogP contribution in [0.5, 0.6) is 0 Å². The number of ketones is 1. The van der Waals surface area contributed by atoms with Gasteiger partial charge in [-0.2, -0.15) is 0 Å². The summed E-state index contributed by atoms with van der Waals surface area (Å²) in [6, 6.07) is 22.0. The Morgan fingerprint density at radius 1 is 0.893 bits per heavy atom. The molecule has 2 N–H and O–H groups in total. The van der Waals surface area contributed by atoms with E-state index in [1.165, 1.54) is 5.56 Å². The summed E-state index contributed by atoms with van der Waals surface area (Å²) in [6.07, 6.45) is 1.32. The van der Waals surface area contributed by atoms with E-state index >= 15 is 0 Å². The highest BCUT2D eigenvalue weighted by Gasteiger charge is 2.37. The third kappa shape index (κ3) is 2.91. The smallest absolute Gasteiger partial charge is 0.163 e. The Bertz CT molecular complexity index is 1060. The highest BCUT2D eigenvalue weighted by Crippen LogP contribution is 2.44. The molecule has 28 heavy (non-hydrogen) atoms. The van der Waals surface area contributed by atoms with E-state index in [0.29, 0.717) is 6.42 Å². The molecule has 0 spiro atoms. The van der Waals surface area contributed by atoms with Gasteiger partial charge in [-0.05, 0) is 49.1 Å². The molecule has 0 bridgehead atoms. The van der Waals surface area contributed by atoms with Crippen LogP contribution in [0.25, 0.3) is 0 Å². The van der Waals surface area contributed by atoms with Crippen LogP contribution in [0, 0.1) is 6.92 Å². The maximum absolute atomic E-state index is 13.3. The van der Waals surface area contributed by atoms with Crippen LogP contribution in [-0.2, 0) is 4.79 Å². The molecule has 2 unspecified atom stereocenters. The van der Waals surface area contributed by atoms with Crippen LogP contribution in [0.1, 0.15) is 41.9 Å². The van der Waals surface area contributed by atoms with Crippen LogP contribution in [0.2, 0.25) is 0 Å². The van der Waals surface area contributed by atoms with E-state index in [4.69, 9.17) is 4.42 Å². The number of nitrogens with one attached hydrogen (secondary N) is 2. The number of hydrogen-bond acceptors (Lipinski definition) is 4. The van der Waals surface area contributed by atoms with Crippen molar-refractivity contribution in [1.82, 2.24) is 0 Å². The molecule has 0 radical (unpaired) electrons. The zero-order valence-corrected chi connectivity index (χ0v) is 15.7. The largest absolute Gasteiger partial charge is 0.464 e. The summed E-state index contributed by atoms with van der Waals surface area (Å²) in [6.45, 7) is 1.93. The molecule has 140 valence electrons. The minimum atomic E-state index is -0.288. The second-order valence-electron chi connectivity index (χ2n) is 7.53. The number of carbonyl (C=O) groups excluding carboxylic acids is 1. The Balaban J connectivity index is 1.61. The third-order valence-electron chi connectivity index (χ3n) is 5.63. The fourth-order valence-corrected chi connectivity index (χ4v) is 4.28. The fraction of sp³-hybridized carbons (Fsp3) is 0.208. The highest BCUT2D eigenvalue weighted by atomic mass is 16.3. The Morgan fingerprint density at radius 2 is 1.64 bits per heavy atom. The first-order chi connectivity index (χ1) is 13.7. The van der Waals surface area contributed by atoms with Crippen molar-refractivity contribution in [2.45, 2.75) is 31.7 Å². The summed E-state index contributed by atoms with van der Waals surface area (Å²) in [5, 5.41) is 7.09. The van der Waals surface area contributed by atoms with E-state index < -0.39 is 0 Å². The second-order valence-corrected chi connectivity index (χ2v) is 7.53. The quantitative estimate of drug-likeness (QED) is 0.619. The standard InChI is InChI=1S/C24H22N2O2/c1-15-11-12-22(28-15)24-23-20(25-18-9-5-6-10-19(18)26-24)13-17(14-21(23)27)16-7-3-2-4-8-16/h2-12,17,24-26H,13-14H2,1H3. The maximum Gasteiger partial charge on any atom is 0.163 e. The van der Waals surface area contributed by atoms with Crippen molar-refractivity contribution in [3.63, 3.8) is 0 Å². The monoisotopic (exact) mass is 370 g/mol. The summed E-state index contributed by atoms with van der Waals surface area (Å²) in [5.74, 6) is 1.97.